The maximum absolute atomic E-state index is 13.7. The van der Waals surface area contributed by atoms with Crippen molar-refractivity contribution in [3.8, 4) is 6.07 Å². The summed E-state index contributed by atoms with van der Waals surface area (Å²) in [5.41, 5.74) is -2.39. The second kappa shape index (κ2) is 12.4. The van der Waals surface area contributed by atoms with Crippen LogP contribution in [-0.4, -0.2) is 91.7 Å². The Labute approximate surface area is 223 Å². The van der Waals surface area contributed by atoms with Crippen LogP contribution in [0.1, 0.15) is 24.0 Å². The fraction of sp³-hybridized carbons (Fsp3) is 0.560. The first-order valence-electron chi connectivity index (χ1n) is 12.6. The van der Waals surface area contributed by atoms with Gasteiger partial charge in [0.25, 0.3) is 5.56 Å². The van der Waals surface area contributed by atoms with Crippen molar-refractivity contribution in [1.82, 2.24) is 20.1 Å². The molecule has 2 aliphatic heterocycles. The molecule has 1 amide bonds. The molecule has 2 aliphatic rings. The summed E-state index contributed by atoms with van der Waals surface area (Å²) in [4.78, 5) is 34.3. The molecule has 0 spiro atoms. The van der Waals surface area contributed by atoms with Crippen LogP contribution >= 0.6 is 0 Å². The quantitative estimate of drug-likeness (QED) is 0.465. The van der Waals surface area contributed by atoms with E-state index in [-0.39, 0.29) is 43.7 Å². The molecule has 0 aromatic carbocycles. The highest BCUT2D eigenvalue weighted by Crippen LogP contribution is 2.37. The number of hydrogen-bond acceptors (Lipinski definition) is 9. The van der Waals surface area contributed by atoms with E-state index in [2.05, 4.69) is 10.1 Å². The Balaban J connectivity index is 1.29. The van der Waals surface area contributed by atoms with E-state index in [0.29, 0.717) is 44.8 Å². The molecule has 4 rings (SSSR count). The van der Waals surface area contributed by atoms with Gasteiger partial charge in [0.1, 0.15) is 17.5 Å². The molecule has 1 unspecified atom stereocenters. The molecule has 2 atom stereocenters. The topological polar surface area (TPSA) is 128 Å². The molecule has 0 aliphatic carbocycles. The lowest BCUT2D eigenvalue weighted by molar-refractivity contribution is -0.138. The second-order valence-corrected chi connectivity index (χ2v) is 9.53. The van der Waals surface area contributed by atoms with E-state index in [1.807, 2.05) is 16.1 Å². The minimum absolute atomic E-state index is 0.0486. The number of aromatic nitrogens is 3. The van der Waals surface area contributed by atoms with Crippen molar-refractivity contribution in [3.05, 3.63) is 46.0 Å². The number of methoxy groups -OCH3 is 1. The van der Waals surface area contributed by atoms with E-state index < -0.39 is 23.3 Å². The summed E-state index contributed by atoms with van der Waals surface area (Å²) in [6.07, 6.45) is -1.66. The Kier molecular flexibility index (Phi) is 9.03. The highest BCUT2D eigenvalue weighted by molar-refractivity contribution is 5.76. The van der Waals surface area contributed by atoms with Crippen LogP contribution in [-0.2, 0) is 20.4 Å². The monoisotopic (exact) mass is 549 g/mol. The molecule has 14 heteroatoms. The van der Waals surface area contributed by atoms with Gasteiger partial charge in [-0.25, -0.2) is 10.1 Å². The Morgan fingerprint density at radius 2 is 1.97 bits per heavy atom. The molecule has 4 heterocycles. The van der Waals surface area contributed by atoms with Crippen LogP contribution in [0.5, 0.6) is 0 Å². The number of pyridine rings is 1. The van der Waals surface area contributed by atoms with Gasteiger partial charge in [0.15, 0.2) is 0 Å². The molecule has 2 fully saturated rings. The molecule has 2 aromatic rings. The lowest BCUT2D eigenvalue weighted by atomic mass is 10.1. The normalized spacial score (nSPS) is 19.8. The van der Waals surface area contributed by atoms with Crippen LogP contribution in [0.3, 0.4) is 0 Å². The number of ether oxygens (including phenoxy) is 2. The average molecular weight is 550 g/mol. The highest BCUT2D eigenvalue weighted by atomic mass is 19.4. The second-order valence-electron chi connectivity index (χ2n) is 9.53. The zero-order valence-electron chi connectivity index (χ0n) is 21.5. The summed E-state index contributed by atoms with van der Waals surface area (Å²) in [5, 5.41) is 14.4. The number of piperazine rings is 1. The van der Waals surface area contributed by atoms with Gasteiger partial charge in [-0.1, -0.05) is 0 Å². The van der Waals surface area contributed by atoms with Crippen molar-refractivity contribution < 1.29 is 27.4 Å². The first kappa shape index (κ1) is 28.3. The number of H-pyrrole nitrogens is 1. The van der Waals surface area contributed by atoms with Crippen molar-refractivity contribution in [2.24, 2.45) is 5.92 Å². The first-order chi connectivity index (χ1) is 18.7. The van der Waals surface area contributed by atoms with Gasteiger partial charge in [0, 0.05) is 51.9 Å². The Morgan fingerprint density at radius 3 is 2.62 bits per heavy atom. The number of rotatable bonds is 9. The minimum Gasteiger partial charge on any atom is -0.384 e. The number of hydrogen-bond donors (Lipinski definition) is 1. The number of nitrogens with zero attached hydrogens (tertiary/aromatic N) is 6. The minimum atomic E-state index is -4.84. The van der Waals surface area contributed by atoms with E-state index in [0.717, 1.165) is 12.0 Å². The van der Waals surface area contributed by atoms with Crippen LogP contribution in [0.25, 0.3) is 0 Å². The van der Waals surface area contributed by atoms with Gasteiger partial charge in [0.05, 0.1) is 49.7 Å². The number of halogens is 3. The zero-order chi connectivity index (χ0) is 28.0. The fourth-order valence-electron chi connectivity index (χ4n) is 5.06. The lowest BCUT2D eigenvalue weighted by Crippen LogP contribution is -2.49. The van der Waals surface area contributed by atoms with Crippen LogP contribution in [0, 0.1) is 17.2 Å². The van der Waals surface area contributed by atoms with Crippen molar-refractivity contribution >= 4 is 17.4 Å². The average Bonchev–Trinajstić information content (AvgIpc) is 3.33. The molecular weight excluding hydrogens is 519 g/mol. The lowest BCUT2D eigenvalue weighted by Gasteiger charge is -2.35. The third kappa shape index (κ3) is 6.85. The number of amides is 1. The standard InChI is InChI=1S/C25H30F3N7O4/c1-38-15-18-10-19(35(14-18)20-13-31-32-24(37)23(20)25(26,27)28)16-39-9-4-22(36)34-7-5-33(6-8-34)21-3-2-17(11-29)12-30-21/h2-3,12-13,18-19H,4-10,14-16H2,1H3,(H,32,37)/t18?,19-/m0/s1. The Bertz CT molecular complexity index is 1220. The number of carbonyl (C=O) groups is 1. The predicted molar refractivity (Wildman–Crippen MR) is 134 cm³/mol. The number of aromatic amines is 1. The van der Waals surface area contributed by atoms with Gasteiger partial charge >= 0.3 is 6.18 Å². The summed E-state index contributed by atoms with van der Waals surface area (Å²) < 4.78 is 52.0. The van der Waals surface area contributed by atoms with Gasteiger partial charge in [-0.15, -0.1) is 0 Å². The molecule has 39 heavy (non-hydrogen) atoms. The van der Waals surface area contributed by atoms with Crippen molar-refractivity contribution in [2.45, 2.75) is 25.1 Å². The number of anilines is 2. The summed E-state index contributed by atoms with van der Waals surface area (Å²) in [5.74, 6) is 0.634. The van der Waals surface area contributed by atoms with E-state index >= 15 is 0 Å². The van der Waals surface area contributed by atoms with Crippen LogP contribution in [0.15, 0.2) is 29.3 Å². The smallest absolute Gasteiger partial charge is 0.384 e. The zero-order valence-corrected chi connectivity index (χ0v) is 21.5. The van der Waals surface area contributed by atoms with Crippen LogP contribution < -0.4 is 15.4 Å². The predicted octanol–water partition coefficient (Wildman–Crippen LogP) is 1.65. The van der Waals surface area contributed by atoms with Crippen LogP contribution in [0.2, 0.25) is 0 Å². The largest absolute Gasteiger partial charge is 0.423 e. The van der Waals surface area contributed by atoms with Crippen molar-refractivity contribution in [1.29, 1.82) is 5.26 Å². The van der Waals surface area contributed by atoms with Crippen LogP contribution in [0.4, 0.5) is 24.7 Å². The van der Waals surface area contributed by atoms with Gasteiger partial charge in [0.2, 0.25) is 5.91 Å². The van der Waals surface area contributed by atoms with E-state index in [1.54, 1.807) is 17.0 Å². The molecule has 0 bridgehead atoms. The van der Waals surface area contributed by atoms with E-state index in [4.69, 9.17) is 14.7 Å². The molecule has 210 valence electrons. The number of nitriles is 1. The highest BCUT2D eigenvalue weighted by Gasteiger charge is 2.42. The van der Waals surface area contributed by atoms with E-state index in [1.165, 1.54) is 18.2 Å². The van der Waals surface area contributed by atoms with E-state index in [9.17, 15) is 22.8 Å². The maximum atomic E-state index is 13.7. The summed E-state index contributed by atoms with van der Waals surface area (Å²) in [7, 11) is 1.52. The van der Waals surface area contributed by atoms with Crippen molar-refractivity contribution in [3.63, 3.8) is 0 Å². The number of alkyl halides is 3. The molecule has 1 N–H and O–H groups in total. The summed E-state index contributed by atoms with van der Waals surface area (Å²) >= 11 is 0. The summed E-state index contributed by atoms with van der Waals surface area (Å²) in [6.45, 7) is 3.08. The van der Waals surface area contributed by atoms with Gasteiger partial charge in [-0.2, -0.15) is 23.5 Å². The van der Waals surface area contributed by atoms with Gasteiger partial charge < -0.3 is 24.2 Å². The number of carbonyl (C=O) groups excluding carboxylic acids is 1. The van der Waals surface area contributed by atoms with Gasteiger partial charge in [-0.3, -0.25) is 9.59 Å². The fourth-order valence-corrected chi connectivity index (χ4v) is 5.06. The third-order valence-electron chi connectivity index (χ3n) is 6.94. The molecule has 0 radical (unpaired) electrons. The Hall–Kier alpha value is -3.70. The SMILES string of the molecule is COCC1C[C@@H](COCCC(=O)N2CCN(c3ccc(C#N)cn3)CC2)N(c2cn[nH]c(=O)c2C(F)(F)F)C1. The van der Waals surface area contributed by atoms with Crippen molar-refractivity contribution in [2.75, 3.05) is 69.5 Å². The molecule has 11 nitrogen and oxygen atoms in total. The maximum Gasteiger partial charge on any atom is 0.423 e. The third-order valence-corrected chi connectivity index (χ3v) is 6.94. The number of nitrogens with one attached hydrogen (secondary N) is 1. The summed E-state index contributed by atoms with van der Waals surface area (Å²) in [6, 6.07) is 5.09. The first-order valence-corrected chi connectivity index (χ1v) is 12.6. The molecular formula is C25H30F3N7O4. The molecule has 2 aromatic heterocycles. The molecule has 0 saturated carbocycles. The molecule has 2 saturated heterocycles. The van der Waals surface area contributed by atoms with Gasteiger partial charge in [-0.05, 0) is 18.6 Å². The Morgan fingerprint density at radius 1 is 1.21 bits per heavy atom.